The molecule has 7 nitrogen and oxygen atoms in total. The molecule has 0 unspecified atom stereocenters. The number of hydrogen-bond donors (Lipinski definition) is 0. The third-order valence-electron chi connectivity index (χ3n) is 6.23. The van der Waals surface area contributed by atoms with E-state index in [1.54, 1.807) is 31.3 Å². The minimum Gasteiger partial charge on any atom is -0.497 e. The van der Waals surface area contributed by atoms with Crippen LogP contribution in [0.4, 0.5) is 5.13 Å². The highest BCUT2D eigenvalue weighted by atomic mass is 32.1. The molecule has 6 rings (SSSR count). The van der Waals surface area contributed by atoms with Gasteiger partial charge in [0.2, 0.25) is 5.76 Å². The van der Waals surface area contributed by atoms with Gasteiger partial charge in [0.15, 0.2) is 10.6 Å². The molecule has 0 saturated carbocycles. The Morgan fingerprint density at radius 2 is 1.77 bits per heavy atom. The summed E-state index contributed by atoms with van der Waals surface area (Å²) < 4.78 is 17.7. The summed E-state index contributed by atoms with van der Waals surface area (Å²) in [4.78, 5) is 33.9. The minimum atomic E-state index is -0.712. The fourth-order valence-corrected chi connectivity index (χ4v) is 5.55. The van der Waals surface area contributed by atoms with Gasteiger partial charge in [-0.1, -0.05) is 35.1 Å². The molecular formula is C27H20N2O5S. The van der Waals surface area contributed by atoms with Gasteiger partial charge in [0.1, 0.15) is 17.1 Å². The van der Waals surface area contributed by atoms with Gasteiger partial charge in [-0.2, -0.15) is 0 Å². The van der Waals surface area contributed by atoms with Crippen LogP contribution in [0.2, 0.25) is 0 Å². The fourth-order valence-electron chi connectivity index (χ4n) is 4.53. The standard InChI is InChI=1S/C27H20N2O5S/c1-14-7-10-20-18(11-14)24(30)22-23(15-5-4-6-16(12-15)32-2)29(26(31)25(22)34-20)27-28-19-9-8-17(33-3)13-21(19)35-27/h4-13,23H,1-3H3/t23-/m1/s1. The Balaban J connectivity index is 1.62. The number of rotatable bonds is 4. The van der Waals surface area contributed by atoms with Gasteiger partial charge in [0, 0.05) is 0 Å². The van der Waals surface area contributed by atoms with Crippen molar-refractivity contribution in [3.63, 3.8) is 0 Å². The van der Waals surface area contributed by atoms with E-state index in [0.717, 1.165) is 21.3 Å². The van der Waals surface area contributed by atoms with Crippen LogP contribution in [0.15, 0.2) is 69.9 Å². The molecule has 3 aromatic carbocycles. The second-order valence-corrected chi connectivity index (χ2v) is 9.37. The third-order valence-corrected chi connectivity index (χ3v) is 7.24. The predicted molar refractivity (Wildman–Crippen MR) is 135 cm³/mol. The maximum absolute atomic E-state index is 13.8. The molecule has 1 amide bonds. The number of fused-ring (bicyclic) bond motifs is 3. The molecule has 174 valence electrons. The van der Waals surface area contributed by atoms with E-state index in [9.17, 15) is 9.59 Å². The lowest BCUT2D eigenvalue weighted by Gasteiger charge is -2.22. The van der Waals surface area contributed by atoms with E-state index in [0.29, 0.717) is 33.2 Å². The largest absolute Gasteiger partial charge is 0.497 e. The van der Waals surface area contributed by atoms with Crippen LogP contribution in [0.5, 0.6) is 11.5 Å². The molecule has 8 heteroatoms. The lowest BCUT2D eigenvalue weighted by atomic mass is 9.98. The van der Waals surface area contributed by atoms with Crippen molar-refractivity contribution < 1.29 is 18.7 Å². The molecular weight excluding hydrogens is 464 g/mol. The Hall–Kier alpha value is -4.17. The van der Waals surface area contributed by atoms with Crippen LogP contribution in [0, 0.1) is 6.92 Å². The van der Waals surface area contributed by atoms with Crippen molar-refractivity contribution in [1.29, 1.82) is 0 Å². The lowest BCUT2D eigenvalue weighted by Crippen LogP contribution is -2.29. The monoisotopic (exact) mass is 484 g/mol. The highest BCUT2D eigenvalue weighted by Crippen LogP contribution is 2.44. The van der Waals surface area contributed by atoms with Crippen LogP contribution in [-0.2, 0) is 0 Å². The highest BCUT2D eigenvalue weighted by Gasteiger charge is 2.45. The van der Waals surface area contributed by atoms with Crippen molar-refractivity contribution in [2.24, 2.45) is 0 Å². The van der Waals surface area contributed by atoms with Gasteiger partial charge in [-0.3, -0.25) is 14.5 Å². The predicted octanol–water partition coefficient (Wildman–Crippen LogP) is 5.48. The molecule has 0 N–H and O–H groups in total. The maximum Gasteiger partial charge on any atom is 0.297 e. The van der Waals surface area contributed by atoms with Crippen LogP contribution in [0.3, 0.4) is 0 Å². The number of thiazole rings is 1. The van der Waals surface area contributed by atoms with Gasteiger partial charge in [-0.05, 0) is 55.0 Å². The Labute approximate surface area is 204 Å². The second kappa shape index (κ2) is 7.95. The number of methoxy groups -OCH3 is 2. The molecule has 35 heavy (non-hydrogen) atoms. The van der Waals surface area contributed by atoms with Crippen molar-refractivity contribution in [2.75, 3.05) is 19.1 Å². The van der Waals surface area contributed by atoms with Crippen molar-refractivity contribution >= 4 is 43.6 Å². The van der Waals surface area contributed by atoms with Crippen LogP contribution >= 0.6 is 11.3 Å². The van der Waals surface area contributed by atoms with E-state index < -0.39 is 11.9 Å². The first kappa shape index (κ1) is 21.4. The molecule has 0 radical (unpaired) electrons. The summed E-state index contributed by atoms with van der Waals surface area (Å²) in [6, 6.07) is 17.6. The summed E-state index contributed by atoms with van der Waals surface area (Å²) in [6.07, 6.45) is 0. The number of benzene rings is 3. The molecule has 0 spiro atoms. The van der Waals surface area contributed by atoms with E-state index in [4.69, 9.17) is 18.9 Å². The first-order chi connectivity index (χ1) is 17.0. The van der Waals surface area contributed by atoms with E-state index >= 15 is 0 Å². The lowest BCUT2D eigenvalue weighted by molar-refractivity contribution is 0.0971. The number of anilines is 1. The van der Waals surface area contributed by atoms with Crippen LogP contribution < -0.4 is 19.8 Å². The first-order valence-corrected chi connectivity index (χ1v) is 11.8. The summed E-state index contributed by atoms with van der Waals surface area (Å²) in [7, 11) is 3.18. The van der Waals surface area contributed by atoms with E-state index in [1.807, 2.05) is 55.5 Å². The molecule has 0 bridgehead atoms. The van der Waals surface area contributed by atoms with Gasteiger partial charge in [-0.25, -0.2) is 4.98 Å². The maximum atomic E-state index is 13.8. The number of hydrogen-bond acceptors (Lipinski definition) is 7. The number of carbonyl (C=O) groups excluding carboxylic acids is 1. The Morgan fingerprint density at radius 1 is 0.971 bits per heavy atom. The summed E-state index contributed by atoms with van der Waals surface area (Å²) in [5.41, 5.74) is 2.86. The van der Waals surface area contributed by atoms with Crippen molar-refractivity contribution in [1.82, 2.24) is 4.98 Å². The average Bonchev–Trinajstić information content (AvgIpc) is 3.42. The number of nitrogens with zero attached hydrogens (tertiary/aromatic N) is 2. The zero-order chi connectivity index (χ0) is 24.3. The van der Waals surface area contributed by atoms with Gasteiger partial charge >= 0.3 is 0 Å². The first-order valence-electron chi connectivity index (χ1n) is 11.0. The van der Waals surface area contributed by atoms with Gasteiger partial charge < -0.3 is 13.9 Å². The fraction of sp³-hybridized carbons (Fsp3) is 0.148. The summed E-state index contributed by atoms with van der Waals surface area (Å²) in [5, 5.41) is 0.914. The highest BCUT2D eigenvalue weighted by molar-refractivity contribution is 7.22. The van der Waals surface area contributed by atoms with Gasteiger partial charge in [0.05, 0.1) is 41.4 Å². The zero-order valence-corrected chi connectivity index (χ0v) is 20.0. The van der Waals surface area contributed by atoms with Crippen LogP contribution in [0.1, 0.15) is 33.3 Å². The van der Waals surface area contributed by atoms with Crippen molar-refractivity contribution in [2.45, 2.75) is 13.0 Å². The molecule has 0 saturated heterocycles. The smallest absolute Gasteiger partial charge is 0.297 e. The van der Waals surface area contributed by atoms with Crippen LogP contribution in [0.25, 0.3) is 21.2 Å². The molecule has 1 atom stereocenters. The summed E-state index contributed by atoms with van der Waals surface area (Å²) >= 11 is 1.36. The van der Waals surface area contributed by atoms with Gasteiger partial charge in [-0.15, -0.1) is 0 Å². The van der Waals surface area contributed by atoms with E-state index in [1.165, 1.54) is 11.3 Å². The molecule has 5 aromatic rings. The molecule has 0 fully saturated rings. The Bertz CT molecular complexity index is 1700. The Morgan fingerprint density at radius 3 is 2.57 bits per heavy atom. The number of aryl methyl sites for hydroxylation is 1. The van der Waals surface area contributed by atoms with Gasteiger partial charge in [0.25, 0.3) is 5.91 Å². The van der Waals surface area contributed by atoms with Crippen molar-refractivity contribution in [3.8, 4) is 11.5 Å². The summed E-state index contributed by atoms with van der Waals surface area (Å²) in [5.74, 6) is 0.958. The molecule has 3 heterocycles. The number of amides is 1. The number of ether oxygens (including phenoxy) is 2. The molecule has 0 aliphatic carbocycles. The quantitative estimate of drug-likeness (QED) is 0.336. The number of carbonyl (C=O) groups is 1. The molecule has 1 aliphatic heterocycles. The zero-order valence-electron chi connectivity index (χ0n) is 19.2. The van der Waals surface area contributed by atoms with E-state index in [2.05, 4.69) is 0 Å². The molecule has 2 aromatic heterocycles. The minimum absolute atomic E-state index is 0.0380. The van der Waals surface area contributed by atoms with Crippen LogP contribution in [-0.4, -0.2) is 25.1 Å². The molecule has 1 aliphatic rings. The normalized spacial score (nSPS) is 15.1. The third kappa shape index (κ3) is 3.29. The second-order valence-electron chi connectivity index (χ2n) is 8.36. The Kier molecular flexibility index (Phi) is 4.86. The summed E-state index contributed by atoms with van der Waals surface area (Å²) in [6.45, 7) is 1.92. The topological polar surface area (TPSA) is 81.9 Å². The average molecular weight is 485 g/mol. The van der Waals surface area contributed by atoms with E-state index in [-0.39, 0.29) is 11.2 Å². The SMILES string of the molecule is COc1cccc([C@@H]2c3c(oc4ccc(C)cc4c3=O)C(=O)N2c2nc3ccc(OC)cc3s2)c1. The van der Waals surface area contributed by atoms with Crippen molar-refractivity contribution in [3.05, 3.63) is 93.3 Å². The number of aromatic nitrogens is 1.